The number of aliphatic hydroxyl groups excluding tert-OH is 1. The van der Waals surface area contributed by atoms with Crippen LogP contribution in [-0.4, -0.2) is 16.8 Å². The highest BCUT2D eigenvalue weighted by Gasteiger charge is 2.48. The number of ketones is 1. The van der Waals surface area contributed by atoms with E-state index in [1.165, 1.54) is 23.5 Å². The third-order valence-electron chi connectivity index (χ3n) is 5.85. The number of amides is 1. The zero-order chi connectivity index (χ0) is 24.1. The molecule has 0 radical (unpaired) electrons. The van der Waals surface area contributed by atoms with E-state index in [0.29, 0.717) is 10.4 Å². The average molecular weight is 472 g/mol. The molecule has 1 unspecified atom stereocenters. The molecule has 2 aromatic carbocycles. The minimum atomic E-state index is -4.53. The molecule has 2 heterocycles. The van der Waals surface area contributed by atoms with Gasteiger partial charge in [0.2, 0.25) is 0 Å². The number of halogens is 3. The third kappa shape index (κ3) is 3.95. The van der Waals surface area contributed by atoms with Gasteiger partial charge < -0.3 is 5.11 Å². The van der Waals surface area contributed by atoms with Crippen molar-refractivity contribution in [3.05, 3.63) is 92.2 Å². The molecule has 170 valence electrons. The second-order valence-corrected chi connectivity index (χ2v) is 8.93. The lowest BCUT2D eigenvalue weighted by molar-refractivity contribution is -0.137. The van der Waals surface area contributed by atoms with Crippen LogP contribution in [0, 0.1) is 20.8 Å². The fraction of sp³-hybridized carbons (Fsp3) is 0.200. The van der Waals surface area contributed by atoms with E-state index >= 15 is 0 Å². The molecule has 1 atom stereocenters. The topological polar surface area (TPSA) is 57.6 Å². The fourth-order valence-electron chi connectivity index (χ4n) is 3.87. The van der Waals surface area contributed by atoms with Crippen LogP contribution in [0.15, 0.2) is 59.5 Å². The van der Waals surface area contributed by atoms with Crippen molar-refractivity contribution in [2.75, 3.05) is 4.90 Å². The largest absolute Gasteiger partial charge is 0.507 e. The number of carbonyl (C=O) groups excluding carboxylic acids is 2. The van der Waals surface area contributed by atoms with Gasteiger partial charge in [-0.05, 0) is 79.2 Å². The number of hydrogen-bond donors (Lipinski definition) is 1. The molecule has 0 spiro atoms. The molecule has 1 aliphatic rings. The lowest BCUT2D eigenvalue weighted by atomic mass is 9.96. The molecule has 1 aliphatic heterocycles. The van der Waals surface area contributed by atoms with Gasteiger partial charge in [0.05, 0.1) is 11.1 Å². The standard InChI is InChI=1S/C25H20F3NO3S/c1-13-4-5-16(12-15(13)3)21(30)19-20(23-14(2)10-11-33-23)29(24(32)22(19)31)18-8-6-17(7-9-18)25(26,27)28/h4-12,20,30H,1-3H3/b21-19-. The van der Waals surface area contributed by atoms with Crippen LogP contribution in [0.1, 0.15) is 38.7 Å². The van der Waals surface area contributed by atoms with Gasteiger partial charge in [0, 0.05) is 16.1 Å². The maximum Gasteiger partial charge on any atom is 0.416 e. The molecule has 33 heavy (non-hydrogen) atoms. The molecule has 1 N–H and O–H groups in total. The number of Topliss-reactive ketones (excluding diaryl/α,β-unsaturated/α-hetero) is 1. The molecule has 0 saturated carbocycles. The Hall–Kier alpha value is -3.39. The molecule has 1 saturated heterocycles. The highest BCUT2D eigenvalue weighted by atomic mass is 32.1. The summed E-state index contributed by atoms with van der Waals surface area (Å²) in [6, 6.07) is 10.1. The smallest absolute Gasteiger partial charge is 0.416 e. The van der Waals surface area contributed by atoms with Crippen molar-refractivity contribution in [2.45, 2.75) is 33.0 Å². The average Bonchev–Trinajstić information content (AvgIpc) is 3.29. The predicted molar refractivity (Wildman–Crippen MR) is 121 cm³/mol. The highest BCUT2D eigenvalue weighted by molar-refractivity contribution is 7.10. The van der Waals surface area contributed by atoms with Crippen LogP contribution in [0.4, 0.5) is 18.9 Å². The molecule has 8 heteroatoms. The van der Waals surface area contributed by atoms with Crippen molar-refractivity contribution < 1.29 is 27.9 Å². The molecule has 1 amide bonds. The Kier molecular flexibility index (Phi) is 5.66. The van der Waals surface area contributed by atoms with Gasteiger partial charge in [0.25, 0.3) is 11.7 Å². The molecule has 4 nitrogen and oxygen atoms in total. The minimum Gasteiger partial charge on any atom is -0.507 e. The van der Waals surface area contributed by atoms with Crippen molar-refractivity contribution >= 4 is 34.5 Å². The second kappa shape index (κ2) is 8.19. The van der Waals surface area contributed by atoms with Crippen molar-refractivity contribution in [1.82, 2.24) is 0 Å². The number of carbonyl (C=O) groups is 2. The Balaban J connectivity index is 1.91. The number of nitrogens with zero attached hydrogens (tertiary/aromatic N) is 1. The SMILES string of the molecule is Cc1ccc(/C(O)=C2/C(=O)C(=O)N(c3ccc(C(F)(F)F)cc3)C2c2sccc2C)cc1C. The van der Waals surface area contributed by atoms with E-state index in [1.54, 1.807) is 17.5 Å². The van der Waals surface area contributed by atoms with E-state index in [1.807, 2.05) is 32.9 Å². The number of anilines is 1. The van der Waals surface area contributed by atoms with E-state index in [2.05, 4.69) is 0 Å². The molecule has 3 aromatic rings. The lowest BCUT2D eigenvalue weighted by Gasteiger charge is -2.25. The van der Waals surface area contributed by atoms with Gasteiger partial charge >= 0.3 is 6.18 Å². The molecule has 0 bridgehead atoms. The molecular weight excluding hydrogens is 451 g/mol. The summed E-state index contributed by atoms with van der Waals surface area (Å²) >= 11 is 1.31. The van der Waals surface area contributed by atoms with E-state index < -0.39 is 29.5 Å². The van der Waals surface area contributed by atoms with Crippen LogP contribution in [0.5, 0.6) is 0 Å². The monoisotopic (exact) mass is 471 g/mol. The Morgan fingerprint density at radius 1 is 0.939 bits per heavy atom. The Morgan fingerprint density at radius 3 is 2.15 bits per heavy atom. The summed E-state index contributed by atoms with van der Waals surface area (Å²) < 4.78 is 39.1. The Morgan fingerprint density at radius 2 is 1.61 bits per heavy atom. The molecule has 4 rings (SSSR count). The summed E-state index contributed by atoms with van der Waals surface area (Å²) in [6.45, 7) is 5.60. The summed E-state index contributed by atoms with van der Waals surface area (Å²) in [5, 5.41) is 12.9. The van der Waals surface area contributed by atoms with E-state index in [9.17, 15) is 27.9 Å². The van der Waals surface area contributed by atoms with Gasteiger partial charge in [-0.2, -0.15) is 13.2 Å². The maximum absolute atomic E-state index is 13.1. The molecule has 1 aromatic heterocycles. The number of benzene rings is 2. The molecular formula is C25H20F3NO3S. The van der Waals surface area contributed by atoms with Crippen molar-refractivity contribution in [1.29, 1.82) is 0 Å². The van der Waals surface area contributed by atoms with Gasteiger partial charge in [-0.3, -0.25) is 14.5 Å². The minimum absolute atomic E-state index is 0.0892. The third-order valence-corrected chi connectivity index (χ3v) is 6.92. The van der Waals surface area contributed by atoms with Crippen LogP contribution in [0.2, 0.25) is 0 Å². The first-order valence-electron chi connectivity index (χ1n) is 10.1. The van der Waals surface area contributed by atoms with E-state index in [0.717, 1.165) is 33.7 Å². The van der Waals surface area contributed by atoms with Crippen molar-refractivity contribution in [2.24, 2.45) is 0 Å². The Labute approximate surface area is 192 Å². The van der Waals surface area contributed by atoms with Crippen molar-refractivity contribution in [3.63, 3.8) is 0 Å². The zero-order valence-corrected chi connectivity index (χ0v) is 18.8. The van der Waals surface area contributed by atoms with Crippen LogP contribution in [0.25, 0.3) is 5.76 Å². The normalized spacial score (nSPS) is 18.2. The van der Waals surface area contributed by atoms with Gasteiger partial charge in [0.1, 0.15) is 11.8 Å². The van der Waals surface area contributed by atoms with Crippen LogP contribution in [0.3, 0.4) is 0 Å². The number of rotatable bonds is 3. The number of thiophene rings is 1. The van der Waals surface area contributed by atoms with Gasteiger partial charge in [-0.1, -0.05) is 12.1 Å². The van der Waals surface area contributed by atoms with Crippen LogP contribution >= 0.6 is 11.3 Å². The predicted octanol–water partition coefficient (Wildman–Crippen LogP) is 6.32. The first-order chi connectivity index (χ1) is 15.5. The fourth-order valence-corrected chi connectivity index (χ4v) is 4.89. The van der Waals surface area contributed by atoms with Gasteiger partial charge in [-0.25, -0.2) is 0 Å². The van der Waals surface area contributed by atoms with Gasteiger partial charge in [-0.15, -0.1) is 11.3 Å². The lowest BCUT2D eigenvalue weighted by Crippen LogP contribution is -2.29. The highest BCUT2D eigenvalue weighted by Crippen LogP contribution is 2.45. The van der Waals surface area contributed by atoms with Crippen LogP contribution in [-0.2, 0) is 15.8 Å². The van der Waals surface area contributed by atoms with E-state index in [4.69, 9.17) is 0 Å². The quantitative estimate of drug-likeness (QED) is 0.276. The first-order valence-corrected chi connectivity index (χ1v) is 11.0. The number of hydrogen-bond acceptors (Lipinski definition) is 4. The second-order valence-electron chi connectivity index (χ2n) is 7.98. The number of aryl methyl sites for hydroxylation is 3. The Bertz CT molecular complexity index is 1290. The maximum atomic E-state index is 13.1. The summed E-state index contributed by atoms with van der Waals surface area (Å²) in [5.41, 5.74) is 2.29. The first kappa shape index (κ1) is 22.8. The van der Waals surface area contributed by atoms with Gasteiger partial charge in [0.15, 0.2) is 0 Å². The molecule has 1 fully saturated rings. The summed E-state index contributed by atoms with van der Waals surface area (Å²) in [5.74, 6) is -2.11. The summed E-state index contributed by atoms with van der Waals surface area (Å²) in [7, 11) is 0. The van der Waals surface area contributed by atoms with Crippen LogP contribution < -0.4 is 4.90 Å². The number of aliphatic hydroxyl groups is 1. The van der Waals surface area contributed by atoms with E-state index in [-0.39, 0.29) is 17.0 Å². The molecule has 0 aliphatic carbocycles. The summed E-state index contributed by atoms with van der Waals surface area (Å²) in [6.07, 6.45) is -4.53. The summed E-state index contributed by atoms with van der Waals surface area (Å²) in [4.78, 5) is 28.0. The number of alkyl halides is 3. The zero-order valence-electron chi connectivity index (χ0n) is 18.0. The van der Waals surface area contributed by atoms with Crippen molar-refractivity contribution in [3.8, 4) is 0 Å².